The molecule has 1 aromatic carbocycles. The summed E-state index contributed by atoms with van der Waals surface area (Å²) in [6.07, 6.45) is 0. The van der Waals surface area contributed by atoms with E-state index in [0.717, 1.165) is 21.1 Å². The van der Waals surface area contributed by atoms with Crippen molar-refractivity contribution in [1.29, 1.82) is 0 Å². The van der Waals surface area contributed by atoms with Gasteiger partial charge in [0, 0.05) is 24.0 Å². The van der Waals surface area contributed by atoms with Crippen molar-refractivity contribution in [2.45, 2.75) is 40.5 Å². The molecule has 5 nitrogen and oxygen atoms in total. The maximum atomic E-state index is 12.5. The first-order chi connectivity index (χ1) is 11.9. The van der Waals surface area contributed by atoms with E-state index in [-0.39, 0.29) is 29.7 Å². The largest absolute Gasteiger partial charge is 0.434 e. The number of rotatable bonds is 6. The molecule has 2 N–H and O–H groups in total. The number of hydrogen-bond donors (Lipinski definition) is 2. The van der Waals surface area contributed by atoms with Crippen molar-refractivity contribution >= 4 is 41.3 Å². The number of aryl methyl sites for hydroxylation is 3. The monoisotopic (exact) mass is 496 g/mol. The number of thiazole rings is 1. The van der Waals surface area contributed by atoms with Gasteiger partial charge in [0.1, 0.15) is 5.75 Å². The maximum absolute atomic E-state index is 12.5. The second kappa shape index (κ2) is 10.6. The molecule has 1 aromatic heterocycles. The predicted octanol–water partition coefficient (Wildman–Crippen LogP) is 4.15. The van der Waals surface area contributed by atoms with E-state index >= 15 is 0 Å². The van der Waals surface area contributed by atoms with Crippen LogP contribution in [-0.2, 0) is 13.1 Å². The molecular formula is C17H23F2IN4OS. The van der Waals surface area contributed by atoms with Gasteiger partial charge in [-0.25, -0.2) is 4.98 Å². The summed E-state index contributed by atoms with van der Waals surface area (Å²) >= 11 is 1.63. The zero-order chi connectivity index (χ0) is 18.4. The van der Waals surface area contributed by atoms with Crippen LogP contribution in [0.3, 0.4) is 0 Å². The summed E-state index contributed by atoms with van der Waals surface area (Å²) < 4.78 is 29.6. The number of nitrogens with zero attached hydrogens (tertiary/aromatic N) is 2. The Balaban J connectivity index is 0.00000338. The summed E-state index contributed by atoms with van der Waals surface area (Å²) in [5, 5.41) is 7.35. The number of ether oxygens (including phenoxy) is 1. The molecule has 2 aromatic rings. The third-order valence-electron chi connectivity index (χ3n) is 3.52. The van der Waals surface area contributed by atoms with E-state index in [1.807, 2.05) is 26.8 Å². The number of hydrogen-bond acceptors (Lipinski definition) is 4. The summed E-state index contributed by atoms with van der Waals surface area (Å²) in [6.45, 7) is 3.91. The molecule has 26 heavy (non-hydrogen) atoms. The van der Waals surface area contributed by atoms with Crippen LogP contribution in [0.1, 0.15) is 26.7 Å². The van der Waals surface area contributed by atoms with Gasteiger partial charge in [-0.15, -0.1) is 35.3 Å². The van der Waals surface area contributed by atoms with Gasteiger partial charge < -0.3 is 15.4 Å². The lowest BCUT2D eigenvalue weighted by Crippen LogP contribution is -2.36. The number of nitrogens with one attached hydrogen (secondary N) is 2. The molecule has 1 heterocycles. The van der Waals surface area contributed by atoms with Gasteiger partial charge in [0.05, 0.1) is 17.2 Å². The lowest BCUT2D eigenvalue weighted by Gasteiger charge is -2.15. The highest BCUT2D eigenvalue weighted by atomic mass is 127. The van der Waals surface area contributed by atoms with Crippen LogP contribution in [0.2, 0.25) is 0 Å². The highest BCUT2D eigenvalue weighted by Crippen LogP contribution is 2.22. The van der Waals surface area contributed by atoms with Gasteiger partial charge in [-0.2, -0.15) is 8.78 Å². The maximum Gasteiger partial charge on any atom is 0.387 e. The first kappa shape index (κ1) is 22.6. The molecule has 0 aliphatic carbocycles. The van der Waals surface area contributed by atoms with E-state index in [9.17, 15) is 8.78 Å². The fourth-order valence-electron chi connectivity index (χ4n) is 2.36. The van der Waals surface area contributed by atoms with E-state index < -0.39 is 6.61 Å². The molecule has 2 rings (SSSR count). The Morgan fingerprint density at radius 2 is 1.92 bits per heavy atom. The first-order valence-electron chi connectivity index (χ1n) is 7.80. The van der Waals surface area contributed by atoms with E-state index in [1.165, 1.54) is 0 Å². The van der Waals surface area contributed by atoms with Crippen LogP contribution < -0.4 is 15.4 Å². The van der Waals surface area contributed by atoms with Crippen LogP contribution in [-0.4, -0.2) is 24.6 Å². The van der Waals surface area contributed by atoms with Crippen LogP contribution >= 0.6 is 35.3 Å². The number of guanidine groups is 1. The summed E-state index contributed by atoms with van der Waals surface area (Å²) in [4.78, 5) is 9.68. The van der Waals surface area contributed by atoms with Gasteiger partial charge in [-0.05, 0) is 26.8 Å². The normalized spacial score (nSPS) is 11.3. The van der Waals surface area contributed by atoms with Crippen molar-refractivity contribution in [1.82, 2.24) is 15.6 Å². The standard InChI is InChI=1S/C17H22F2N4OS.HI/c1-10-5-6-14(24-16(18)19)13(7-10)8-21-17(20-4)22-9-15-11(2)23-12(3)25-15;/h5-7,16H,8-9H2,1-4H3,(H2,20,21,22);1H. The van der Waals surface area contributed by atoms with Crippen LogP contribution in [0.25, 0.3) is 0 Å². The third-order valence-corrected chi connectivity index (χ3v) is 4.59. The van der Waals surface area contributed by atoms with Crippen molar-refractivity contribution in [3.8, 4) is 5.75 Å². The zero-order valence-corrected chi connectivity index (χ0v) is 18.2. The van der Waals surface area contributed by atoms with Crippen molar-refractivity contribution in [3.63, 3.8) is 0 Å². The minimum Gasteiger partial charge on any atom is -0.434 e. The Labute approximate surface area is 173 Å². The molecule has 0 amide bonds. The van der Waals surface area contributed by atoms with Gasteiger partial charge >= 0.3 is 6.61 Å². The Bertz CT molecular complexity index is 752. The van der Waals surface area contributed by atoms with Crippen molar-refractivity contribution in [2.24, 2.45) is 4.99 Å². The molecule has 0 aliphatic heterocycles. The average Bonchev–Trinajstić information content (AvgIpc) is 2.87. The summed E-state index contributed by atoms with van der Waals surface area (Å²) in [5.74, 6) is 0.743. The molecule has 0 saturated heterocycles. The lowest BCUT2D eigenvalue weighted by atomic mass is 10.1. The fraction of sp³-hybridized carbons (Fsp3) is 0.412. The molecule has 0 aliphatic rings. The summed E-state index contributed by atoms with van der Waals surface area (Å²) in [7, 11) is 1.66. The fourth-order valence-corrected chi connectivity index (χ4v) is 3.24. The smallest absolute Gasteiger partial charge is 0.387 e. The molecule has 0 bridgehead atoms. The highest BCUT2D eigenvalue weighted by Gasteiger charge is 2.11. The van der Waals surface area contributed by atoms with Crippen LogP contribution in [0.15, 0.2) is 23.2 Å². The van der Waals surface area contributed by atoms with Gasteiger partial charge in [0.25, 0.3) is 0 Å². The molecule has 0 radical (unpaired) electrons. The average molecular weight is 496 g/mol. The molecular weight excluding hydrogens is 473 g/mol. The second-order valence-electron chi connectivity index (χ2n) is 5.51. The molecule has 0 spiro atoms. The Hall–Kier alpha value is -1.49. The zero-order valence-electron chi connectivity index (χ0n) is 15.1. The number of aliphatic imine (C=N–C) groups is 1. The van der Waals surface area contributed by atoms with Crippen molar-refractivity contribution in [2.75, 3.05) is 7.05 Å². The molecule has 0 unspecified atom stereocenters. The molecule has 0 saturated carbocycles. The van der Waals surface area contributed by atoms with Crippen molar-refractivity contribution < 1.29 is 13.5 Å². The van der Waals surface area contributed by atoms with Gasteiger partial charge in [-0.1, -0.05) is 17.7 Å². The predicted molar refractivity (Wildman–Crippen MR) is 112 cm³/mol. The van der Waals surface area contributed by atoms with Gasteiger partial charge in [0.15, 0.2) is 5.96 Å². The number of benzene rings is 1. The van der Waals surface area contributed by atoms with E-state index in [4.69, 9.17) is 0 Å². The molecule has 0 fully saturated rings. The molecule has 144 valence electrons. The van der Waals surface area contributed by atoms with Crippen LogP contribution in [0, 0.1) is 20.8 Å². The topological polar surface area (TPSA) is 58.5 Å². The molecule has 0 atom stereocenters. The Morgan fingerprint density at radius 1 is 1.23 bits per heavy atom. The van der Waals surface area contributed by atoms with Crippen molar-refractivity contribution in [3.05, 3.63) is 44.9 Å². The summed E-state index contributed by atoms with van der Waals surface area (Å²) in [5.41, 5.74) is 2.61. The number of halogens is 3. The van der Waals surface area contributed by atoms with Crippen LogP contribution in [0.5, 0.6) is 5.75 Å². The Morgan fingerprint density at radius 3 is 2.50 bits per heavy atom. The number of alkyl halides is 2. The third kappa shape index (κ3) is 6.67. The summed E-state index contributed by atoms with van der Waals surface area (Å²) in [6, 6.07) is 5.11. The second-order valence-corrected chi connectivity index (χ2v) is 6.80. The first-order valence-corrected chi connectivity index (χ1v) is 8.62. The Kier molecular flexibility index (Phi) is 9.20. The van der Waals surface area contributed by atoms with E-state index in [0.29, 0.717) is 24.6 Å². The molecule has 9 heteroatoms. The van der Waals surface area contributed by atoms with Crippen LogP contribution in [0.4, 0.5) is 8.78 Å². The SMILES string of the molecule is CN=C(NCc1cc(C)ccc1OC(F)F)NCc1sc(C)nc1C.I. The minimum absolute atomic E-state index is 0. The number of aromatic nitrogens is 1. The lowest BCUT2D eigenvalue weighted by molar-refractivity contribution is -0.0504. The minimum atomic E-state index is -2.85. The van der Waals surface area contributed by atoms with E-state index in [2.05, 4.69) is 25.3 Å². The van der Waals surface area contributed by atoms with Gasteiger partial charge in [-0.3, -0.25) is 4.99 Å². The van der Waals surface area contributed by atoms with E-state index in [1.54, 1.807) is 30.5 Å². The van der Waals surface area contributed by atoms with Gasteiger partial charge in [0.2, 0.25) is 0 Å². The quantitative estimate of drug-likeness (QED) is 0.359. The highest BCUT2D eigenvalue weighted by molar-refractivity contribution is 14.0.